The summed E-state index contributed by atoms with van der Waals surface area (Å²) in [5.74, 6) is 1.29. The lowest BCUT2D eigenvalue weighted by molar-refractivity contribution is 0.357. The van der Waals surface area contributed by atoms with E-state index < -0.39 is 0 Å². The normalized spacial score (nSPS) is 24.5. The standard InChI is InChI=1S/C14H19ClO2/c1-4-10(7-14-9(2)17-14)12-6-5-11(16-3)8-13(12)15/h5-6,8-10,14H,4,7H2,1-3H3. The lowest BCUT2D eigenvalue weighted by Gasteiger charge is -2.16. The first-order chi connectivity index (χ1) is 8.15. The number of halogens is 1. The van der Waals surface area contributed by atoms with E-state index in [0.29, 0.717) is 18.1 Å². The van der Waals surface area contributed by atoms with Crippen molar-refractivity contribution in [2.45, 2.75) is 44.8 Å². The number of hydrogen-bond acceptors (Lipinski definition) is 2. The van der Waals surface area contributed by atoms with Crippen LogP contribution in [0.5, 0.6) is 5.75 Å². The van der Waals surface area contributed by atoms with Gasteiger partial charge in [-0.25, -0.2) is 0 Å². The van der Waals surface area contributed by atoms with Gasteiger partial charge in [-0.1, -0.05) is 24.6 Å². The van der Waals surface area contributed by atoms with Gasteiger partial charge in [-0.3, -0.25) is 0 Å². The Morgan fingerprint density at radius 3 is 2.65 bits per heavy atom. The maximum absolute atomic E-state index is 6.30. The number of methoxy groups -OCH3 is 1. The fourth-order valence-electron chi connectivity index (χ4n) is 2.24. The Morgan fingerprint density at radius 1 is 1.47 bits per heavy atom. The van der Waals surface area contributed by atoms with Crippen LogP contribution < -0.4 is 4.74 Å². The predicted molar refractivity (Wildman–Crippen MR) is 70.0 cm³/mol. The summed E-state index contributed by atoms with van der Waals surface area (Å²) in [6.45, 7) is 4.31. The largest absolute Gasteiger partial charge is 0.497 e. The summed E-state index contributed by atoms with van der Waals surface area (Å²) in [5.41, 5.74) is 1.21. The summed E-state index contributed by atoms with van der Waals surface area (Å²) in [5, 5.41) is 0.796. The van der Waals surface area contributed by atoms with Crippen molar-refractivity contribution in [2.75, 3.05) is 7.11 Å². The second-order valence-electron chi connectivity index (χ2n) is 4.61. The van der Waals surface area contributed by atoms with Crippen molar-refractivity contribution in [3.8, 4) is 5.75 Å². The lowest BCUT2D eigenvalue weighted by Crippen LogP contribution is -2.04. The van der Waals surface area contributed by atoms with Crippen molar-refractivity contribution in [2.24, 2.45) is 0 Å². The van der Waals surface area contributed by atoms with E-state index in [0.717, 1.165) is 23.6 Å². The van der Waals surface area contributed by atoms with Crippen molar-refractivity contribution in [3.05, 3.63) is 28.8 Å². The highest BCUT2D eigenvalue weighted by Crippen LogP contribution is 2.37. The van der Waals surface area contributed by atoms with E-state index >= 15 is 0 Å². The van der Waals surface area contributed by atoms with Crippen LogP contribution in [0.3, 0.4) is 0 Å². The van der Waals surface area contributed by atoms with E-state index in [1.54, 1.807) is 7.11 Å². The monoisotopic (exact) mass is 254 g/mol. The van der Waals surface area contributed by atoms with Crippen LogP contribution in [-0.2, 0) is 4.74 Å². The summed E-state index contributed by atoms with van der Waals surface area (Å²) in [6.07, 6.45) is 2.97. The molecule has 3 heteroatoms. The molecule has 0 saturated carbocycles. The fraction of sp³-hybridized carbons (Fsp3) is 0.571. The third-order valence-electron chi connectivity index (χ3n) is 3.49. The van der Waals surface area contributed by atoms with E-state index in [-0.39, 0.29) is 0 Å². The molecule has 1 saturated heterocycles. The van der Waals surface area contributed by atoms with E-state index in [9.17, 15) is 0 Å². The van der Waals surface area contributed by atoms with Crippen LogP contribution in [0, 0.1) is 0 Å². The molecule has 1 aromatic rings. The zero-order chi connectivity index (χ0) is 12.4. The molecule has 0 spiro atoms. The third-order valence-corrected chi connectivity index (χ3v) is 3.82. The van der Waals surface area contributed by atoms with Gasteiger partial charge in [-0.05, 0) is 43.4 Å². The summed E-state index contributed by atoms with van der Waals surface area (Å²) in [6, 6.07) is 5.93. The first-order valence-electron chi connectivity index (χ1n) is 6.14. The van der Waals surface area contributed by atoms with Crippen molar-refractivity contribution >= 4 is 11.6 Å². The fourth-order valence-corrected chi connectivity index (χ4v) is 2.56. The van der Waals surface area contributed by atoms with Gasteiger partial charge >= 0.3 is 0 Å². The molecular formula is C14H19ClO2. The van der Waals surface area contributed by atoms with Crippen LogP contribution in [0.15, 0.2) is 18.2 Å². The minimum absolute atomic E-state index is 0.415. The molecule has 17 heavy (non-hydrogen) atoms. The van der Waals surface area contributed by atoms with E-state index in [4.69, 9.17) is 21.1 Å². The second kappa shape index (κ2) is 5.28. The Kier molecular flexibility index (Phi) is 3.95. The van der Waals surface area contributed by atoms with Crippen LogP contribution >= 0.6 is 11.6 Å². The first-order valence-corrected chi connectivity index (χ1v) is 6.52. The zero-order valence-electron chi connectivity index (χ0n) is 10.6. The first kappa shape index (κ1) is 12.7. The van der Waals surface area contributed by atoms with Crippen molar-refractivity contribution in [1.29, 1.82) is 0 Å². The SMILES string of the molecule is CCC(CC1OC1C)c1ccc(OC)cc1Cl. The zero-order valence-corrected chi connectivity index (χ0v) is 11.3. The molecule has 3 atom stereocenters. The van der Waals surface area contributed by atoms with E-state index in [1.165, 1.54) is 5.56 Å². The van der Waals surface area contributed by atoms with Gasteiger partial charge in [0.1, 0.15) is 5.75 Å². The molecule has 0 amide bonds. The molecule has 0 aliphatic carbocycles. The van der Waals surface area contributed by atoms with Gasteiger partial charge < -0.3 is 9.47 Å². The number of epoxide rings is 1. The van der Waals surface area contributed by atoms with Crippen molar-refractivity contribution in [3.63, 3.8) is 0 Å². The van der Waals surface area contributed by atoms with Crippen LogP contribution in [-0.4, -0.2) is 19.3 Å². The smallest absolute Gasteiger partial charge is 0.120 e. The van der Waals surface area contributed by atoms with Crippen LogP contribution in [0.25, 0.3) is 0 Å². The Hall–Kier alpha value is -0.730. The average Bonchev–Trinajstić information content (AvgIpc) is 3.02. The predicted octanol–water partition coefficient (Wildman–Crippen LogP) is 4.02. The Bertz CT molecular complexity index is 392. The molecule has 2 rings (SSSR count). The molecule has 1 heterocycles. The van der Waals surface area contributed by atoms with Gasteiger partial charge in [0, 0.05) is 5.02 Å². The molecule has 1 aliphatic heterocycles. The molecule has 1 aliphatic rings. The summed E-state index contributed by atoms with van der Waals surface area (Å²) in [7, 11) is 1.66. The summed E-state index contributed by atoms with van der Waals surface area (Å²) >= 11 is 6.30. The maximum Gasteiger partial charge on any atom is 0.120 e. The van der Waals surface area contributed by atoms with E-state index in [1.807, 2.05) is 12.1 Å². The topological polar surface area (TPSA) is 21.8 Å². The van der Waals surface area contributed by atoms with Gasteiger partial charge in [0.15, 0.2) is 0 Å². The Morgan fingerprint density at radius 2 is 2.18 bits per heavy atom. The number of benzene rings is 1. The third kappa shape index (κ3) is 2.93. The molecular weight excluding hydrogens is 236 g/mol. The maximum atomic E-state index is 6.30. The van der Waals surface area contributed by atoms with Gasteiger partial charge in [-0.15, -0.1) is 0 Å². The highest BCUT2D eigenvalue weighted by atomic mass is 35.5. The van der Waals surface area contributed by atoms with Crippen molar-refractivity contribution < 1.29 is 9.47 Å². The molecule has 1 aromatic carbocycles. The molecule has 0 bridgehead atoms. The minimum Gasteiger partial charge on any atom is -0.497 e. The molecule has 94 valence electrons. The summed E-state index contributed by atoms with van der Waals surface area (Å²) < 4.78 is 10.7. The number of hydrogen-bond donors (Lipinski definition) is 0. The summed E-state index contributed by atoms with van der Waals surface area (Å²) in [4.78, 5) is 0. The van der Waals surface area contributed by atoms with Crippen LogP contribution in [0.2, 0.25) is 5.02 Å². The number of rotatable bonds is 5. The van der Waals surface area contributed by atoms with Gasteiger partial charge in [0.2, 0.25) is 0 Å². The van der Waals surface area contributed by atoms with Crippen LogP contribution in [0.4, 0.5) is 0 Å². The molecule has 2 nitrogen and oxygen atoms in total. The van der Waals surface area contributed by atoms with Gasteiger partial charge in [0.25, 0.3) is 0 Å². The molecule has 0 aromatic heterocycles. The highest BCUT2D eigenvalue weighted by Gasteiger charge is 2.36. The van der Waals surface area contributed by atoms with E-state index in [2.05, 4.69) is 19.9 Å². The minimum atomic E-state index is 0.415. The Labute approximate surface area is 108 Å². The number of ether oxygens (including phenoxy) is 2. The molecule has 0 N–H and O–H groups in total. The molecule has 1 fully saturated rings. The highest BCUT2D eigenvalue weighted by molar-refractivity contribution is 6.31. The molecule has 0 radical (unpaired) electrons. The lowest BCUT2D eigenvalue weighted by atomic mass is 9.91. The Balaban J connectivity index is 2.12. The average molecular weight is 255 g/mol. The second-order valence-corrected chi connectivity index (χ2v) is 5.02. The molecule has 3 unspecified atom stereocenters. The van der Waals surface area contributed by atoms with Gasteiger partial charge in [-0.2, -0.15) is 0 Å². The quantitative estimate of drug-likeness (QED) is 0.741. The van der Waals surface area contributed by atoms with Crippen molar-refractivity contribution in [1.82, 2.24) is 0 Å². The van der Waals surface area contributed by atoms with Gasteiger partial charge in [0.05, 0.1) is 19.3 Å². The van der Waals surface area contributed by atoms with Crippen LogP contribution in [0.1, 0.15) is 38.2 Å².